The van der Waals surface area contributed by atoms with Gasteiger partial charge in [0.15, 0.2) is 0 Å². The molecule has 1 unspecified atom stereocenters. The summed E-state index contributed by atoms with van der Waals surface area (Å²) in [6, 6.07) is 12.7. The molecular weight excluding hydrogens is 309 g/mol. The molecule has 0 radical (unpaired) electrons. The van der Waals surface area contributed by atoms with Gasteiger partial charge in [-0.3, -0.25) is 0 Å². The molecule has 0 heterocycles. The van der Waals surface area contributed by atoms with Crippen LogP contribution in [0.1, 0.15) is 31.4 Å². The van der Waals surface area contributed by atoms with Crippen LogP contribution in [-0.2, 0) is 0 Å². The molecule has 124 valence electrons. The summed E-state index contributed by atoms with van der Waals surface area (Å²) in [5, 5.41) is 7.16. The van der Waals surface area contributed by atoms with E-state index >= 15 is 0 Å². The quantitative estimate of drug-likeness (QED) is 0.535. The number of hydrogen-bond donors (Lipinski definition) is 1. The van der Waals surface area contributed by atoms with Gasteiger partial charge >= 0.3 is 0 Å². The van der Waals surface area contributed by atoms with Gasteiger partial charge < -0.3 is 5.41 Å². The first-order valence-electron chi connectivity index (χ1n) is 8.36. The van der Waals surface area contributed by atoms with E-state index in [0.717, 1.165) is 29.3 Å². The van der Waals surface area contributed by atoms with E-state index in [1.54, 1.807) is 6.07 Å². The zero-order valence-electron chi connectivity index (χ0n) is 14.4. The van der Waals surface area contributed by atoms with Crippen LogP contribution in [-0.4, -0.2) is 6.21 Å². The Labute approximate surface area is 148 Å². The average molecular weight is 329 g/mol. The first kappa shape index (κ1) is 16.9. The molecule has 0 saturated carbocycles. The predicted molar refractivity (Wildman–Crippen MR) is 102 cm³/mol. The van der Waals surface area contributed by atoms with Crippen LogP contribution in [0.5, 0.6) is 0 Å². The molecule has 0 aromatic heterocycles. The van der Waals surface area contributed by atoms with Crippen molar-refractivity contribution in [3.05, 3.63) is 82.7 Å². The second-order valence-electron chi connectivity index (χ2n) is 6.45. The summed E-state index contributed by atoms with van der Waals surface area (Å²) in [6.07, 6.45) is 6.34. The lowest BCUT2D eigenvalue weighted by Gasteiger charge is -2.15. The molecular formula is C23H20FN. The van der Waals surface area contributed by atoms with E-state index in [1.165, 1.54) is 17.2 Å². The summed E-state index contributed by atoms with van der Waals surface area (Å²) in [5.41, 5.74) is 5.53. The largest absolute Gasteiger partial charge is 0.308 e. The lowest BCUT2D eigenvalue weighted by molar-refractivity contribution is 0.626. The number of rotatable bonds is 2. The monoisotopic (exact) mass is 329 g/mol. The van der Waals surface area contributed by atoms with Crippen molar-refractivity contribution in [2.75, 3.05) is 0 Å². The van der Waals surface area contributed by atoms with Crippen molar-refractivity contribution in [1.29, 1.82) is 5.41 Å². The number of benzene rings is 2. The van der Waals surface area contributed by atoms with Crippen LogP contribution >= 0.6 is 0 Å². The van der Waals surface area contributed by atoms with Crippen LogP contribution < -0.4 is 0 Å². The fourth-order valence-electron chi connectivity index (χ4n) is 2.94. The van der Waals surface area contributed by atoms with Crippen LogP contribution in [0.4, 0.5) is 4.39 Å². The average Bonchev–Trinajstić information content (AvgIpc) is 2.61. The molecule has 0 aliphatic heterocycles. The molecule has 0 saturated heterocycles. The van der Waals surface area contributed by atoms with E-state index in [4.69, 9.17) is 5.41 Å². The van der Waals surface area contributed by atoms with Crippen molar-refractivity contribution in [2.45, 2.75) is 20.3 Å². The molecule has 2 heteroatoms. The highest BCUT2D eigenvalue weighted by Crippen LogP contribution is 2.24. The van der Waals surface area contributed by atoms with Gasteiger partial charge in [-0.15, -0.1) is 0 Å². The maximum absolute atomic E-state index is 13.8. The molecule has 1 nitrogen and oxygen atoms in total. The zero-order chi connectivity index (χ0) is 17.8. The molecule has 1 atom stereocenters. The van der Waals surface area contributed by atoms with E-state index in [0.29, 0.717) is 11.5 Å². The fourth-order valence-corrected chi connectivity index (χ4v) is 2.94. The zero-order valence-corrected chi connectivity index (χ0v) is 14.4. The van der Waals surface area contributed by atoms with E-state index < -0.39 is 0 Å². The van der Waals surface area contributed by atoms with Gasteiger partial charge in [0.1, 0.15) is 5.82 Å². The summed E-state index contributed by atoms with van der Waals surface area (Å²) < 4.78 is 13.8. The van der Waals surface area contributed by atoms with Crippen molar-refractivity contribution >= 4 is 6.21 Å². The molecule has 1 aliphatic rings. The Hall–Kier alpha value is -2.92. The Bertz CT molecular complexity index is 921. The molecule has 1 aliphatic carbocycles. The number of allylic oxidation sites excluding steroid dienone is 4. The van der Waals surface area contributed by atoms with Crippen molar-refractivity contribution in [1.82, 2.24) is 0 Å². The highest BCUT2D eigenvalue weighted by Gasteiger charge is 2.10. The molecule has 0 bridgehead atoms. The van der Waals surface area contributed by atoms with E-state index in [9.17, 15) is 4.39 Å². The van der Waals surface area contributed by atoms with Gasteiger partial charge in [-0.25, -0.2) is 4.39 Å². The SMILES string of the molecule is CC1=CC=C(C#Cc2ccc(-c3ccc(C=N)c(F)c3)cc2)C(C)C1. The van der Waals surface area contributed by atoms with E-state index in [2.05, 4.69) is 37.8 Å². The Morgan fingerprint density at radius 2 is 1.76 bits per heavy atom. The smallest absolute Gasteiger partial charge is 0.132 e. The third kappa shape index (κ3) is 3.95. The van der Waals surface area contributed by atoms with Gasteiger partial charge in [0.2, 0.25) is 0 Å². The first-order chi connectivity index (χ1) is 12.1. The molecule has 2 aromatic rings. The standard InChI is InChI=1S/C23H20FN/c1-16-3-7-19(17(2)13-16)8-4-18-5-9-20(10-6-18)21-11-12-22(15-25)23(24)14-21/h3,5-7,9-12,14-15,17,25H,13H2,1-2H3. The third-order valence-corrected chi connectivity index (χ3v) is 4.43. The molecule has 2 aromatic carbocycles. The summed E-state index contributed by atoms with van der Waals surface area (Å²) in [4.78, 5) is 0. The number of nitrogens with one attached hydrogen (secondary N) is 1. The van der Waals surface area contributed by atoms with E-state index in [-0.39, 0.29) is 5.82 Å². The highest BCUT2D eigenvalue weighted by atomic mass is 19.1. The predicted octanol–water partition coefficient (Wildman–Crippen LogP) is 5.75. The van der Waals surface area contributed by atoms with Crippen molar-refractivity contribution in [3.8, 4) is 23.0 Å². The molecule has 0 amide bonds. The van der Waals surface area contributed by atoms with Gasteiger partial charge in [0.05, 0.1) is 0 Å². The lowest BCUT2D eigenvalue weighted by atomic mass is 9.89. The second-order valence-corrected chi connectivity index (χ2v) is 6.45. The van der Waals surface area contributed by atoms with Crippen LogP contribution in [0.25, 0.3) is 11.1 Å². The summed E-state index contributed by atoms with van der Waals surface area (Å²) in [5.74, 6) is 6.58. The number of hydrogen-bond acceptors (Lipinski definition) is 1. The normalized spacial score (nSPS) is 16.4. The van der Waals surface area contributed by atoms with Crippen LogP contribution in [0.2, 0.25) is 0 Å². The maximum atomic E-state index is 13.8. The first-order valence-corrected chi connectivity index (χ1v) is 8.36. The lowest BCUT2D eigenvalue weighted by Crippen LogP contribution is -2.02. The molecule has 3 rings (SSSR count). The van der Waals surface area contributed by atoms with Gasteiger partial charge in [-0.05, 0) is 54.7 Å². The topological polar surface area (TPSA) is 23.9 Å². The van der Waals surface area contributed by atoms with Gasteiger partial charge in [-0.1, -0.05) is 54.7 Å². The van der Waals surface area contributed by atoms with Crippen molar-refractivity contribution < 1.29 is 4.39 Å². The van der Waals surface area contributed by atoms with Crippen LogP contribution in [0.15, 0.2) is 65.8 Å². The molecule has 1 N–H and O–H groups in total. The van der Waals surface area contributed by atoms with E-state index in [1.807, 2.05) is 30.3 Å². The minimum Gasteiger partial charge on any atom is -0.308 e. The minimum absolute atomic E-state index is 0.297. The molecule has 0 spiro atoms. The van der Waals surface area contributed by atoms with Crippen molar-refractivity contribution in [2.24, 2.45) is 5.92 Å². The highest BCUT2D eigenvalue weighted by molar-refractivity contribution is 5.79. The van der Waals surface area contributed by atoms with Crippen LogP contribution in [0.3, 0.4) is 0 Å². The fraction of sp³-hybridized carbons (Fsp3) is 0.174. The third-order valence-electron chi connectivity index (χ3n) is 4.43. The summed E-state index contributed by atoms with van der Waals surface area (Å²) in [6.45, 7) is 4.35. The Kier molecular flexibility index (Phi) is 4.95. The summed E-state index contributed by atoms with van der Waals surface area (Å²) in [7, 11) is 0. The van der Waals surface area contributed by atoms with Gasteiger partial charge in [0.25, 0.3) is 0 Å². The Balaban J connectivity index is 1.81. The van der Waals surface area contributed by atoms with Crippen LogP contribution in [0, 0.1) is 29.0 Å². The Morgan fingerprint density at radius 1 is 1.04 bits per heavy atom. The molecule has 0 fully saturated rings. The molecule has 25 heavy (non-hydrogen) atoms. The minimum atomic E-state index is -0.377. The maximum Gasteiger partial charge on any atom is 0.132 e. The summed E-state index contributed by atoms with van der Waals surface area (Å²) >= 11 is 0. The second kappa shape index (κ2) is 7.32. The Morgan fingerprint density at radius 3 is 2.40 bits per heavy atom. The number of halogens is 1. The van der Waals surface area contributed by atoms with Gasteiger partial charge in [-0.2, -0.15) is 0 Å². The van der Waals surface area contributed by atoms with Crippen molar-refractivity contribution in [3.63, 3.8) is 0 Å². The van der Waals surface area contributed by atoms with Gasteiger partial charge in [0, 0.05) is 22.9 Å².